The van der Waals surface area contributed by atoms with Crippen LogP contribution >= 0.6 is 0 Å². The van der Waals surface area contributed by atoms with E-state index >= 15 is 0 Å². The molecule has 2 aromatic rings. The molecule has 5 nitrogen and oxygen atoms in total. The van der Waals surface area contributed by atoms with Crippen LogP contribution in [0.2, 0.25) is 0 Å². The van der Waals surface area contributed by atoms with Crippen molar-refractivity contribution < 1.29 is 9.18 Å². The Bertz CT molecular complexity index is 802. The summed E-state index contributed by atoms with van der Waals surface area (Å²) in [5, 5.41) is 20.2. The van der Waals surface area contributed by atoms with Gasteiger partial charge in [0.2, 0.25) is 0 Å². The summed E-state index contributed by atoms with van der Waals surface area (Å²) in [6, 6.07) is 11.9. The third kappa shape index (κ3) is 2.80. The lowest BCUT2D eigenvalue weighted by Gasteiger charge is -2.08. The van der Waals surface area contributed by atoms with Crippen molar-refractivity contribution in [2.45, 2.75) is 0 Å². The molecular formula is C15H9FN4O. The van der Waals surface area contributed by atoms with E-state index in [1.807, 2.05) is 12.1 Å². The summed E-state index contributed by atoms with van der Waals surface area (Å²) in [7, 11) is 0. The fraction of sp³-hybridized carbons (Fsp3) is 0. The second kappa shape index (κ2) is 5.72. The molecule has 2 rings (SSSR count). The van der Waals surface area contributed by atoms with Gasteiger partial charge in [0, 0.05) is 5.69 Å². The lowest BCUT2D eigenvalue weighted by molar-refractivity contribution is 0.102. The van der Waals surface area contributed by atoms with Crippen molar-refractivity contribution >= 4 is 17.3 Å². The summed E-state index contributed by atoms with van der Waals surface area (Å²) < 4.78 is 13.3. The predicted molar refractivity (Wildman–Crippen MR) is 74.6 cm³/mol. The molecule has 0 fully saturated rings. The first-order valence-electron chi connectivity index (χ1n) is 5.86. The molecule has 102 valence electrons. The molecule has 0 heterocycles. The molecular weight excluding hydrogens is 271 g/mol. The first-order valence-corrected chi connectivity index (χ1v) is 5.86. The number of carbonyl (C=O) groups is 1. The van der Waals surface area contributed by atoms with Crippen molar-refractivity contribution in [1.29, 1.82) is 10.5 Å². The van der Waals surface area contributed by atoms with Crippen LogP contribution in [0, 0.1) is 28.5 Å². The first-order chi connectivity index (χ1) is 10.1. The molecule has 0 aliphatic rings. The third-order valence-corrected chi connectivity index (χ3v) is 2.82. The van der Waals surface area contributed by atoms with Crippen LogP contribution in [0.3, 0.4) is 0 Å². The van der Waals surface area contributed by atoms with Crippen molar-refractivity contribution in [1.82, 2.24) is 0 Å². The number of nitrogens with two attached hydrogens (primary N) is 1. The minimum atomic E-state index is -0.680. The topological polar surface area (TPSA) is 103 Å². The van der Waals surface area contributed by atoms with Crippen LogP contribution in [0.1, 0.15) is 21.5 Å². The van der Waals surface area contributed by atoms with Crippen LogP contribution in [0.4, 0.5) is 15.8 Å². The summed E-state index contributed by atoms with van der Waals surface area (Å²) in [4.78, 5) is 12.0. The Balaban J connectivity index is 2.31. The van der Waals surface area contributed by atoms with Crippen molar-refractivity contribution in [3.8, 4) is 12.1 Å². The van der Waals surface area contributed by atoms with E-state index in [0.717, 1.165) is 6.07 Å². The van der Waals surface area contributed by atoms with Crippen LogP contribution < -0.4 is 11.1 Å². The number of nitrogens with one attached hydrogen (secondary N) is 1. The Hall–Kier alpha value is -3.38. The molecule has 0 saturated heterocycles. The number of nitrogen functional groups attached to an aromatic ring is 1. The van der Waals surface area contributed by atoms with Crippen LogP contribution in [-0.4, -0.2) is 5.91 Å². The molecule has 0 spiro atoms. The summed E-state index contributed by atoms with van der Waals surface area (Å²) in [6.07, 6.45) is 0. The molecule has 0 unspecified atom stereocenters. The summed E-state index contributed by atoms with van der Waals surface area (Å²) in [5.41, 5.74) is 5.93. The zero-order valence-electron chi connectivity index (χ0n) is 10.7. The van der Waals surface area contributed by atoms with Gasteiger partial charge in [0.1, 0.15) is 18.0 Å². The van der Waals surface area contributed by atoms with Crippen molar-refractivity contribution in [3.63, 3.8) is 0 Å². The maximum atomic E-state index is 13.3. The molecule has 2 aromatic carbocycles. The van der Waals surface area contributed by atoms with E-state index in [1.54, 1.807) is 0 Å². The number of amides is 1. The average Bonchev–Trinajstić information content (AvgIpc) is 2.49. The van der Waals surface area contributed by atoms with Crippen LogP contribution in [-0.2, 0) is 0 Å². The van der Waals surface area contributed by atoms with Crippen LogP contribution in [0.25, 0.3) is 0 Å². The van der Waals surface area contributed by atoms with E-state index in [2.05, 4.69) is 5.32 Å². The quantitative estimate of drug-likeness (QED) is 0.824. The fourth-order valence-corrected chi connectivity index (χ4v) is 1.75. The van der Waals surface area contributed by atoms with Crippen LogP contribution in [0.15, 0.2) is 36.4 Å². The van der Waals surface area contributed by atoms with Crippen molar-refractivity contribution in [2.75, 3.05) is 11.1 Å². The largest absolute Gasteiger partial charge is 0.396 e. The van der Waals surface area contributed by atoms with Gasteiger partial charge in [0.25, 0.3) is 5.91 Å². The smallest absolute Gasteiger partial charge is 0.257 e. The molecule has 0 aromatic heterocycles. The number of carbonyl (C=O) groups excluding carboxylic acids is 1. The molecule has 21 heavy (non-hydrogen) atoms. The Kier molecular flexibility index (Phi) is 3.83. The average molecular weight is 280 g/mol. The maximum absolute atomic E-state index is 13.3. The molecule has 0 saturated carbocycles. The Morgan fingerprint density at radius 2 is 1.86 bits per heavy atom. The van der Waals surface area contributed by atoms with E-state index in [-0.39, 0.29) is 22.4 Å². The monoisotopic (exact) mass is 280 g/mol. The van der Waals surface area contributed by atoms with Gasteiger partial charge in [-0.05, 0) is 30.3 Å². The Morgan fingerprint density at radius 1 is 1.14 bits per heavy atom. The van der Waals surface area contributed by atoms with Crippen molar-refractivity contribution in [2.24, 2.45) is 0 Å². The van der Waals surface area contributed by atoms with E-state index in [1.165, 1.54) is 30.3 Å². The number of anilines is 2. The SMILES string of the molecule is N#Cc1ccc(NC(=O)c2cccc(F)c2N)cc1C#N. The summed E-state index contributed by atoms with van der Waals surface area (Å²) in [6.45, 7) is 0. The second-order valence-corrected chi connectivity index (χ2v) is 4.14. The fourth-order valence-electron chi connectivity index (χ4n) is 1.75. The highest BCUT2D eigenvalue weighted by Gasteiger charge is 2.13. The second-order valence-electron chi connectivity index (χ2n) is 4.14. The van der Waals surface area contributed by atoms with Gasteiger partial charge >= 0.3 is 0 Å². The minimum Gasteiger partial charge on any atom is -0.396 e. The highest BCUT2D eigenvalue weighted by molar-refractivity contribution is 6.07. The molecule has 0 radical (unpaired) electrons. The van der Waals surface area contributed by atoms with Gasteiger partial charge in [-0.1, -0.05) is 6.07 Å². The molecule has 1 amide bonds. The molecule has 0 aliphatic heterocycles. The third-order valence-electron chi connectivity index (χ3n) is 2.82. The number of rotatable bonds is 2. The van der Waals surface area contributed by atoms with Gasteiger partial charge in [-0.3, -0.25) is 4.79 Å². The first kappa shape index (κ1) is 14.0. The number of benzene rings is 2. The zero-order valence-corrected chi connectivity index (χ0v) is 10.7. The standard InChI is InChI=1S/C15H9FN4O/c16-13-3-1-2-12(14(13)19)15(21)20-11-5-4-9(7-17)10(6-11)8-18/h1-6H,19H2,(H,20,21). The van der Waals surface area contributed by atoms with Gasteiger partial charge in [0.15, 0.2) is 0 Å². The predicted octanol–water partition coefficient (Wildman–Crippen LogP) is 2.40. The molecule has 6 heteroatoms. The van der Waals surface area contributed by atoms with Crippen LogP contribution in [0.5, 0.6) is 0 Å². The van der Waals surface area contributed by atoms with Gasteiger partial charge in [0.05, 0.1) is 22.4 Å². The van der Waals surface area contributed by atoms with Gasteiger partial charge in [-0.25, -0.2) is 4.39 Å². The molecule has 0 aliphatic carbocycles. The van der Waals surface area contributed by atoms with E-state index < -0.39 is 11.7 Å². The lowest BCUT2D eigenvalue weighted by atomic mass is 10.1. The molecule has 0 atom stereocenters. The molecule has 0 bridgehead atoms. The minimum absolute atomic E-state index is 0.00197. The number of para-hydroxylation sites is 1. The van der Waals surface area contributed by atoms with E-state index in [9.17, 15) is 9.18 Å². The number of hydrogen-bond donors (Lipinski definition) is 2. The molecule has 3 N–H and O–H groups in total. The van der Waals surface area contributed by atoms with E-state index in [4.69, 9.17) is 16.3 Å². The van der Waals surface area contributed by atoms with Crippen molar-refractivity contribution in [3.05, 3.63) is 58.9 Å². The number of nitrogens with zero attached hydrogens (tertiary/aromatic N) is 2. The van der Waals surface area contributed by atoms with Gasteiger partial charge in [-0.15, -0.1) is 0 Å². The number of halogens is 1. The zero-order chi connectivity index (χ0) is 15.4. The van der Waals surface area contributed by atoms with Gasteiger partial charge < -0.3 is 11.1 Å². The number of nitriles is 2. The van der Waals surface area contributed by atoms with Gasteiger partial charge in [-0.2, -0.15) is 10.5 Å². The lowest BCUT2D eigenvalue weighted by Crippen LogP contribution is -2.15. The number of hydrogen-bond acceptors (Lipinski definition) is 4. The van der Waals surface area contributed by atoms with E-state index in [0.29, 0.717) is 5.69 Å². The Labute approximate surface area is 120 Å². The highest BCUT2D eigenvalue weighted by atomic mass is 19.1. The maximum Gasteiger partial charge on any atom is 0.257 e. The summed E-state index contributed by atoms with van der Waals surface area (Å²) >= 11 is 0. The highest BCUT2D eigenvalue weighted by Crippen LogP contribution is 2.19. The summed E-state index contributed by atoms with van der Waals surface area (Å²) in [5.74, 6) is -1.28. The Morgan fingerprint density at radius 3 is 2.52 bits per heavy atom. The normalized spacial score (nSPS) is 9.48.